The molecule has 1 saturated carbocycles. The van der Waals surface area contributed by atoms with Gasteiger partial charge in [0.05, 0.1) is 0 Å². The quantitative estimate of drug-likeness (QED) is 0.806. The highest BCUT2D eigenvalue weighted by atomic mass is 32.2. The Balaban J connectivity index is 1.88. The lowest BCUT2D eigenvalue weighted by molar-refractivity contribution is 0.0434. The van der Waals surface area contributed by atoms with Crippen molar-refractivity contribution in [1.82, 2.24) is 4.90 Å². The lowest BCUT2D eigenvalue weighted by Gasteiger charge is -2.40. The molecular weight excluding hydrogens is 222 g/mol. The lowest BCUT2D eigenvalue weighted by Crippen LogP contribution is -2.46. The number of aliphatic hydroxyl groups is 1. The maximum absolute atomic E-state index is 11.3. The Morgan fingerprint density at radius 3 is 2.31 bits per heavy atom. The molecule has 94 valence electrons. The van der Waals surface area contributed by atoms with Crippen molar-refractivity contribution in [3.05, 3.63) is 0 Å². The minimum Gasteiger partial charge on any atom is -0.396 e. The minimum atomic E-state index is -0.587. The fourth-order valence-electron chi connectivity index (χ4n) is 2.98. The zero-order chi connectivity index (χ0) is 11.4. The van der Waals surface area contributed by atoms with E-state index in [1.165, 1.54) is 32.1 Å². The second kappa shape index (κ2) is 5.61. The predicted molar refractivity (Wildman–Crippen MR) is 66.9 cm³/mol. The van der Waals surface area contributed by atoms with Crippen molar-refractivity contribution < 1.29 is 9.32 Å². The molecule has 3 nitrogen and oxygen atoms in total. The first kappa shape index (κ1) is 12.5. The molecule has 0 atom stereocenters. The molecule has 2 rings (SSSR count). The van der Waals surface area contributed by atoms with Crippen LogP contribution in [0.3, 0.4) is 0 Å². The normalized spacial score (nSPS) is 28.1. The number of rotatable bonds is 3. The summed E-state index contributed by atoms with van der Waals surface area (Å²) in [7, 11) is -0.587. The van der Waals surface area contributed by atoms with Gasteiger partial charge in [0, 0.05) is 54.0 Å². The van der Waals surface area contributed by atoms with E-state index in [1.807, 2.05) is 0 Å². The smallest absolute Gasteiger partial charge is 0.0499 e. The van der Waals surface area contributed by atoms with Gasteiger partial charge in [-0.25, -0.2) is 0 Å². The highest BCUT2D eigenvalue weighted by Crippen LogP contribution is 2.36. The van der Waals surface area contributed by atoms with E-state index in [9.17, 15) is 9.32 Å². The van der Waals surface area contributed by atoms with E-state index >= 15 is 0 Å². The molecule has 16 heavy (non-hydrogen) atoms. The van der Waals surface area contributed by atoms with Crippen LogP contribution < -0.4 is 0 Å². The molecule has 1 saturated heterocycles. The maximum Gasteiger partial charge on any atom is 0.0499 e. The Morgan fingerprint density at radius 1 is 1.12 bits per heavy atom. The van der Waals surface area contributed by atoms with E-state index in [0.29, 0.717) is 6.61 Å². The van der Waals surface area contributed by atoms with Crippen molar-refractivity contribution in [2.75, 3.05) is 37.7 Å². The molecule has 2 fully saturated rings. The highest BCUT2D eigenvalue weighted by Gasteiger charge is 2.33. The van der Waals surface area contributed by atoms with Crippen LogP contribution in [0.4, 0.5) is 0 Å². The van der Waals surface area contributed by atoms with Crippen molar-refractivity contribution >= 4 is 10.8 Å². The van der Waals surface area contributed by atoms with Crippen LogP contribution in [0.1, 0.15) is 32.1 Å². The van der Waals surface area contributed by atoms with Crippen molar-refractivity contribution in [2.24, 2.45) is 5.41 Å². The molecule has 0 aromatic heterocycles. The third-order valence-corrected chi connectivity index (χ3v) is 5.35. The summed E-state index contributed by atoms with van der Waals surface area (Å²) in [5.74, 6) is 1.64. The van der Waals surface area contributed by atoms with Gasteiger partial charge in [-0.2, -0.15) is 0 Å². The molecular formula is C12H23NO2S. The van der Waals surface area contributed by atoms with Crippen LogP contribution in [0.25, 0.3) is 0 Å². The van der Waals surface area contributed by atoms with Crippen LogP contribution >= 0.6 is 0 Å². The van der Waals surface area contributed by atoms with Crippen LogP contribution in [0, 0.1) is 5.41 Å². The minimum absolute atomic E-state index is 0.150. The van der Waals surface area contributed by atoms with E-state index in [-0.39, 0.29) is 5.41 Å². The number of aliphatic hydroxyl groups excluding tert-OH is 1. The number of nitrogens with zero attached hydrogens (tertiary/aromatic N) is 1. The van der Waals surface area contributed by atoms with E-state index in [0.717, 1.165) is 31.1 Å². The maximum atomic E-state index is 11.3. The highest BCUT2D eigenvalue weighted by molar-refractivity contribution is 7.85. The zero-order valence-electron chi connectivity index (χ0n) is 9.99. The lowest BCUT2D eigenvalue weighted by atomic mass is 9.74. The van der Waals surface area contributed by atoms with E-state index in [4.69, 9.17) is 0 Å². The molecule has 4 heteroatoms. The second-order valence-corrected chi connectivity index (χ2v) is 7.04. The first-order chi connectivity index (χ1) is 7.74. The monoisotopic (exact) mass is 245 g/mol. The van der Waals surface area contributed by atoms with Gasteiger partial charge in [-0.05, 0) is 12.8 Å². The molecule has 1 aliphatic heterocycles. The predicted octanol–water partition coefficient (Wildman–Crippen LogP) is 0.993. The summed E-state index contributed by atoms with van der Waals surface area (Å²) in [4.78, 5) is 2.41. The summed E-state index contributed by atoms with van der Waals surface area (Å²) in [6, 6.07) is 0. The third kappa shape index (κ3) is 3.05. The molecule has 0 radical (unpaired) electrons. The van der Waals surface area contributed by atoms with Crippen LogP contribution in [0.5, 0.6) is 0 Å². The van der Waals surface area contributed by atoms with Crippen molar-refractivity contribution in [1.29, 1.82) is 0 Å². The van der Waals surface area contributed by atoms with Crippen LogP contribution in [0.15, 0.2) is 0 Å². The summed E-state index contributed by atoms with van der Waals surface area (Å²) in [5, 5.41) is 9.64. The van der Waals surface area contributed by atoms with Gasteiger partial charge >= 0.3 is 0 Å². The molecule has 1 aliphatic carbocycles. The van der Waals surface area contributed by atoms with Gasteiger partial charge in [-0.15, -0.1) is 0 Å². The third-order valence-electron chi connectivity index (χ3n) is 4.08. The topological polar surface area (TPSA) is 40.5 Å². The molecule has 0 aromatic rings. The second-order valence-electron chi connectivity index (χ2n) is 5.34. The molecule has 0 spiro atoms. The van der Waals surface area contributed by atoms with Crippen molar-refractivity contribution in [3.8, 4) is 0 Å². The van der Waals surface area contributed by atoms with Gasteiger partial charge < -0.3 is 10.0 Å². The summed E-state index contributed by atoms with van der Waals surface area (Å²) in [6.45, 7) is 3.25. The molecule has 1 N–H and O–H groups in total. The van der Waals surface area contributed by atoms with Crippen molar-refractivity contribution in [3.63, 3.8) is 0 Å². The van der Waals surface area contributed by atoms with Gasteiger partial charge in [-0.1, -0.05) is 19.3 Å². The standard InChI is InChI=1S/C12H23NO2S/c14-11-12(4-2-1-3-5-12)10-13-6-8-16(15)9-7-13/h14H,1-11H2. The van der Waals surface area contributed by atoms with Gasteiger partial charge in [0.2, 0.25) is 0 Å². The van der Waals surface area contributed by atoms with E-state index in [2.05, 4.69) is 4.90 Å². The molecule has 0 aromatic carbocycles. The van der Waals surface area contributed by atoms with Crippen LogP contribution in [0.2, 0.25) is 0 Å². The largest absolute Gasteiger partial charge is 0.396 e. The Kier molecular flexibility index (Phi) is 4.39. The molecule has 0 amide bonds. The Morgan fingerprint density at radius 2 is 1.75 bits per heavy atom. The average Bonchev–Trinajstić information content (AvgIpc) is 2.33. The van der Waals surface area contributed by atoms with Crippen molar-refractivity contribution in [2.45, 2.75) is 32.1 Å². The van der Waals surface area contributed by atoms with Gasteiger partial charge in [0.15, 0.2) is 0 Å². The molecule has 0 bridgehead atoms. The summed E-state index contributed by atoms with van der Waals surface area (Å²) < 4.78 is 11.3. The number of hydrogen-bond acceptors (Lipinski definition) is 3. The van der Waals surface area contributed by atoms with E-state index < -0.39 is 10.8 Å². The van der Waals surface area contributed by atoms with Gasteiger partial charge in [0.25, 0.3) is 0 Å². The Hall–Kier alpha value is 0.0700. The SMILES string of the molecule is O=S1CCN(CC2(CO)CCCCC2)CC1. The fraction of sp³-hybridized carbons (Fsp3) is 1.00. The molecule has 0 unspecified atom stereocenters. The van der Waals surface area contributed by atoms with Crippen LogP contribution in [-0.4, -0.2) is 52.0 Å². The summed E-state index contributed by atoms with van der Waals surface area (Å²) >= 11 is 0. The Labute approximate surface area is 101 Å². The Bertz CT molecular complexity index is 241. The van der Waals surface area contributed by atoms with E-state index in [1.54, 1.807) is 0 Å². The average molecular weight is 245 g/mol. The summed E-state index contributed by atoms with van der Waals surface area (Å²) in [6.07, 6.45) is 6.19. The zero-order valence-corrected chi connectivity index (χ0v) is 10.8. The number of hydrogen-bond donors (Lipinski definition) is 1. The fourth-order valence-corrected chi connectivity index (χ4v) is 4.10. The van der Waals surface area contributed by atoms with Crippen LogP contribution in [-0.2, 0) is 10.8 Å². The summed E-state index contributed by atoms with van der Waals surface area (Å²) in [5.41, 5.74) is 0.150. The first-order valence-corrected chi connectivity index (χ1v) is 7.91. The molecule has 2 aliphatic rings. The first-order valence-electron chi connectivity index (χ1n) is 6.42. The van der Waals surface area contributed by atoms with Gasteiger partial charge in [-0.3, -0.25) is 4.21 Å². The van der Waals surface area contributed by atoms with Gasteiger partial charge in [0.1, 0.15) is 0 Å². The molecule has 1 heterocycles.